The second-order valence-electron chi connectivity index (χ2n) is 6.62. The molecule has 4 nitrogen and oxygen atoms in total. The maximum atomic E-state index is 5.93. The molecule has 0 spiro atoms. The highest BCUT2D eigenvalue weighted by atomic mass is 16.5. The Morgan fingerprint density at radius 3 is 2.79 bits per heavy atom. The molecule has 3 heterocycles. The first-order valence-corrected chi connectivity index (χ1v) is 7.47. The summed E-state index contributed by atoms with van der Waals surface area (Å²) in [7, 11) is 0. The zero-order valence-electron chi connectivity index (χ0n) is 12.1. The van der Waals surface area contributed by atoms with Crippen molar-refractivity contribution in [2.45, 2.75) is 57.1 Å². The van der Waals surface area contributed by atoms with E-state index < -0.39 is 0 Å². The molecule has 0 aliphatic carbocycles. The molecule has 0 aromatic carbocycles. The van der Waals surface area contributed by atoms with Gasteiger partial charge in [0.1, 0.15) is 0 Å². The van der Waals surface area contributed by atoms with Gasteiger partial charge >= 0.3 is 0 Å². The third-order valence-corrected chi connectivity index (χ3v) is 4.84. The summed E-state index contributed by atoms with van der Waals surface area (Å²) in [6.45, 7) is 8.66. The van der Waals surface area contributed by atoms with Crippen LogP contribution >= 0.6 is 0 Å². The SMILES string of the molecule is CC1(Cn2cncc2C2(C)CCNCC2)CCCO1. The minimum absolute atomic E-state index is 0.00126. The van der Waals surface area contributed by atoms with Crippen molar-refractivity contribution < 1.29 is 4.74 Å². The summed E-state index contributed by atoms with van der Waals surface area (Å²) >= 11 is 0. The average molecular weight is 263 g/mol. The Kier molecular flexibility index (Phi) is 3.39. The molecule has 1 aromatic rings. The fourth-order valence-corrected chi connectivity index (χ4v) is 3.51. The molecule has 1 unspecified atom stereocenters. The zero-order valence-corrected chi connectivity index (χ0v) is 12.1. The van der Waals surface area contributed by atoms with Gasteiger partial charge in [0.2, 0.25) is 0 Å². The number of hydrogen-bond acceptors (Lipinski definition) is 3. The van der Waals surface area contributed by atoms with Crippen molar-refractivity contribution in [1.82, 2.24) is 14.9 Å². The predicted octanol–water partition coefficient (Wildman–Crippen LogP) is 2.09. The topological polar surface area (TPSA) is 39.1 Å². The molecule has 0 amide bonds. The van der Waals surface area contributed by atoms with E-state index in [4.69, 9.17) is 4.74 Å². The van der Waals surface area contributed by atoms with E-state index in [0.717, 1.165) is 32.7 Å². The Morgan fingerprint density at radius 2 is 2.11 bits per heavy atom. The van der Waals surface area contributed by atoms with Gasteiger partial charge in [-0.3, -0.25) is 0 Å². The maximum absolute atomic E-state index is 5.93. The second kappa shape index (κ2) is 4.91. The molecule has 1 atom stereocenters. The minimum Gasteiger partial charge on any atom is -0.373 e. The Morgan fingerprint density at radius 1 is 1.32 bits per heavy atom. The quantitative estimate of drug-likeness (QED) is 0.907. The van der Waals surface area contributed by atoms with Gasteiger partial charge in [-0.15, -0.1) is 0 Å². The lowest BCUT2D eigenvalue weighted by Crippen LogP contribution is -2.40. The van der Waals surface area contributed by atoms with Gasteiger partial charge < -0.3 is 14.6 Å². The number of nitrogens with zero attached hydrogens (tertiary/aromatic N) is 2. The number of ether oxygens (including phenoxy) is 1. The Hall–Kier alpha value is -0.870. The first-order valence-electron chi connectivity index (χ1n) is 7.47. The fraction of sp³-hybridized carbons (Fsp3) is 0.800. The maximum Gasteiger partial charge on any atom is 0.0949 e. The molecule has 19 heavy (non-hydrogen) atoms. The smallest absolute Gasteiger partial charge is 0.0949 e. The van der Waals surface area contributed by atoms with Gasteiger partial charge in [0, 0.05) is 23.9 Å². The van der Waals surface area contributed by atoms with E-state index in [2.05, 4.69) is 34.9 Å². The molecular formula is C15H25N3O. The minimum atomic E-state index is -0.00126. The van der Waals surface area contributed by atoms with E-state index in [9.17, 15) is 0 Å². The number of aromatic nitrogens is 2. The largest absolute Gasteiger partial charge is 0.373 e. The molecule has 2 aliphatic heterocycles. The van der Waals surface area contributed by atoms with E-state index in [-0.39, 0.29) is 11.0 Å². The van der Waals surface area contributed by atoms with Crippen LogP contribution in [-0.4, -0.2) is 34.8 Å². The highest BCUT2D eigenvalue weighted by Crippen LogP contribution is 2.34. The highest BCUT2D eigenvalue weighted by molar-refractivity contribution is 5.16. The lowest BCUT2D eigenvalue weighted by atomic mass is 9.78. The Bertz CT molecular complexity index is 428. The summed E-state index contributed by atoms with van der Waals surface area (Å²) in [6, 6.07) is 0. The lowest BCUT2D eigenvalue weighted by Gasteiger charge is -2.36. The van der Waals surface area contributed by atoms with Gasteiger partial charge in [0.15, 0.2) is 0 Å². The molecule has 3 rings (SSSR count). The molecule has 0 saturated carbocycles. The van der Waals surface area contributed by atoms with Crippen molar-refractivity contribution in [3.63, 3.8) is 0 Å². The summed E-state index contributed by atoms with van der Waals surface area (Å²) in [5.41, 5.74) is 1.64. The molecule has 0 radical (unpaired) electrons. The van der Waals surface area contributed by atoms with Crippen LogP contribution in [0.3, 0.4) is 0 Å². The van der Waals surface area contributed by atoms with Crippen molar-refractivity contribution in [2.75, 3.05) is 19.7 Å². The molecule has 2 saturated heterocycles. The van der Waals surface area contributed by atoms with Crippen LogP contribution in [0.2, 0.25) is 0 Å². The summed E-state index contributed by atoms with van der Waals surface area (Å²) in [5.74, 6) is 0. The van der Waals surface area contributed by atoms with E-state index >= 15 is 0 Å². The molecule has 2 aliphatic rings. The Labute approximate surface area is 115 Å². The molecule has 1 N–H and O–H groups in total. The first kappa shape index (κ1) is 13.1. The third-order valence-electron chi connectivity index (χ3n) is 4.84. The highest BCUT2D eigenvalue weighted by Gasteiger charge is 2.35. The van der Waals surface area contributed by atoms with Crippen molar-refractivity contribution in [3.05, 3.63) is 18.2 Å². The van der Waals surface area contributed by atoms with Crippen LogP contribution < -0.4 is 5.32 Å². The number of imidazole rings is 1. The first-order chi connectivity index (χ1) is 9.11. The predicted molar refractivity (Wildman–Crippen MR) is 75.3 cm³/mol. The van der Waals surface area contributed by atoms with E-state index in [1.165, 1.54) is 25.0 Å². The summed E-state index contributed by atoms with van der Waals surface area (Å²) < 4.78 is 8.26. The standard InChI is InChI=1S/C15H25N3O/c1-14(5-7-16-8-6-14)13-10-17-12-18(13)11-15(2)4-3-9-19-15/h10,12,16H,3-9,11H2,1-2H3. The summed E-state index contributed by atoms with van der Waals surface area (Å²) in [5, 5.41) is 3.45. The van der Waals surface area contributed by atoms with E-state index in [1.807, 2.05) is 6.33 Å². The molecule has 1 aromatic heterocycles. The third kappa shape index (κ3) is 2.56. The molecule has 0 bridgehead atoms. The second-order valence-corrected chi connectivity index (χ2v) is 6.62. The summed E-state index contributed by atoms with van der Waals surface area (Å²) in [6.07, 6.45) is 8.76. The molecule has 4 heteroatoms. The van der Waals surface area contributed by atoms with Gasteiger partial charge in [-0.05, 0) is 45.7 Å². The normalized spacial score (nSPS) is 30.6. The van der Waals surface area contributed by atoms with Gasteiger partial charge in [0.25, 0.3) is 0 Å². The van der Waals surface area contributed by atoms with Crippen LogP contribution in [-0.2, 0) is 16.7 Å². The van der Waals surface area contributed by atoms with Crippen LogP contribution in [0.4, 0.5) is 0 Å². The lowest BCUT2D eigenvalue weighted by molar-refractivity contribution is 0.00490. The van der Waals surface area contributed by atoms with Gasteiger partial charge in [0.05, 0.1) is 18.5 Å². The Balaban J connectivity index is 1.81. The van der Waals surface area contributed by atoms with Crippen LogP contribution in [0, 0.1) is 0 Å². The van der Waals surface area contributed by atoms with E-state index in [0.29, 0.717) is 0 Å². The van der Waals surface area contributed by atoms with Crippen LogP contribution in [0.15, 0.2) is 12.5 Å². The summed E-state index contributed by atoms with van der Waals surface area (Å²) in [4.78, 5) is 4.40. The van der Waals surface area contributed by atoms with Gasteiger partial charge in [-0.2, -0.15) is 0 Å². The fourth-order valence-electron chi connectivity index (χ4n) is 3.51. The van der Waals surface area contributed by atoms with Crippen molar-refractivity contribution in [2.24, 2.45) is 0 Å². The van der Waals surface area contributed by atoms with E-state index in [1.54, 1.807) is 0 Å². The molecule has 2 fully saturated rings. The van der Waals surface area contributed by atoms with Crippen molar-refractivity contribution in [1.29, 1.82) is 0 Å². The zero-order chi connectivity index (χ0) is 13.3. The van der Waals surface area contributed by atoms with Crippen LogP contribution in [0.25, 0.3) is 0 Å². The molecular weight excluding hydrogens is 238 g/mol. The van der Waals surface area contributed by atoms with Crippen molar-refractivity contribution in [3.8, 4) is 0 Å². The number of hydrogen-bond donors (Lipinski definition) is 1. The average Bonchev–Trinajstić information content (AvgIpc) is 3.00. The number of nitrogens with one attached hydrogen (secondary N) is 1. The molecule has 106 valence electrons. The van der Waals surface area contributed by atoms with Crippen LogP contribution in [0.1, 0.15) is 45.2 Å². The number of rotatable bonds is 3. The number of piperidine rings is 1. The monoisotopic (exact) mass is 263 g/mol. The van der Waals surface area contributed by atoms with Crippen LogP contribution in [0.5, 0.6) is 0 Å². The van der Waals surface area contributed by atoms with Gasteiger partial charge in [-0.25, -0.2) is 4.98 Å². The van der Waals surface area contributed by atoms with Crippen molar-refractivity contribution >= 4 is 0 Å². The van der Waals surface area contributed by atoms with Gasteiger partial charge in [-0.1, -0.05) is 6.92 Å².